The summed E-state index contributed by atoms with van der Waals surface area (Å²) < 4.78 is 0. The standard InChI is InChI=1S/C14H14N6S/c15-20-11-7-12(19-13(18-11)8-5-6-8)21-14-16-9-3-1-2-4-10(9)17-14/h1-4,7-8H,5-6,15H2,(H,16,17)(H,18,19,20). The van der Waals surface area contributed by atoms with Gasteiger partial charge in [-0.25, -0.2) is 20.8 Å². The van der Waals surface area contributed by atoms with Crippen molar-refractivity contribution in [3.05, 3.63) is 36.2 Å². The zero-order chi connectivity index (χ0) is 14.2. The number of aromatic nitrogens is 4. The number of nitrogens with zero attached hydrogens (tertiary/aromatic N) is 3. The van der Waals surface area contributed by atoms with Gasteiger partial charge in [-0.1, -0.05) is 12.1 Å². The second-order valence-corrected chi connectivity index (χ2v) is 6.04. The van der Waals surface area contributed by atoms with Crippen LogP contribution in [0.25, 0.3) is 11.0 Å². The molecule has 3 aromatic rings. The van der Waals surface area contributed by atoms with Crippen molar-refractivity contribution in [2.75, 3.05) is 5.43 Å². The highest BCUT2D eigenvalue weighted by Crippen LogP contribution is 2.39. The second-order valence-electron chi connectivity index (χ2n) is 5.03. The predicted molar refractivity (Wildman–Crippen MR) is 82.0 cm³/mol. The molecule has 0 bridgehead atoms. The topological polar surface area (TPSA) is 92.5 Å². The molecule has 106 valence electrons. The molecule has 4 N–H and O–H groups in total. The summed E-state index contributed by atoms with van der Waals surface area (Å²) in [6.45, 7) is 0. The molecule has 0 aliphatic heterocycles. The van der Waals surface area contributed by atoms with Crippen molar-refractivity contribution in [3.8, 4) is 0 Å². The van der Waals surface area contributed by atoms with E-state index < -0.39 is 0 Å². The molecule has 0 amide bonds. The lowest BCUT2D eigenvalue weighted by molar-refractivity contribution is 0.876. The molecule has 1 fully saturated rings. The number of rotatable bonds is 4. The molecule has 0 atom stereocenters. The first-order valence-corrected chi connectivity index (χ1v) is 7.61. The van der Waals surface area contributed by atoms with Crippen molar-refractivity contribution in [1.29, 1.82) is 0 Å². The second kappa shape index (κ2) is 5.01. The summed E-state index contributed by atoms with van der Waals surface area (Å²) in [5, 5.41) is 1.67. The SMILES string of the molecule is NNc1cc(Sc2nc3ccccc3[nH]2)nc(C2CC2)n1. The molecular formula is C14H14N6S. The quantitative estimate of drug-likeness (QED) is 0.389. The Labute approximate surface area is 125 Å². The van der Waals surface area contributed by atoms with Gasteiger partial charge in [0.1, 0.15) is 16.7 Å². The van der Waals surface area contributed by atoms with Crippen LogP contribution in [0.5, 0.6) is 0 Å². The highest BCUT2D eigenvalue weighted by atomic mass is 32.2. The molecule has 2 aromatic heterocycles. The predicted octanol–water partition coefficient (Wildman–Crippen LogP) is 2.67. The number of hydrogen-bond donors (Lipinski definition) is 3. The van der Waals surface area contributed by atoms with E-state index in [0.29, 0.717) is 11.7 Å². The van der Waals surface area contributed by atoms with Crippen LogP contribution in [0.15, 0.2) is 40.5 Å². The average molecular weight is 298 g/mol. The van der Waals surface area contributed by atoms with Crippen molar-refractivity contribution in [1.82, 2.24) is 19.9 Å². The van der Waals surface area contributed by atoms with E-state index in [0.717, 1.165) is 39.9 Å². The van der Waals surface area contributed by atoms with E-state index in [2.05, 4.69) is 25.4 Å². The Bertz CT molecular complexity index is 762. The number of aromatic amines is 1. The van der Waals surface area contributed by atoms with E-state index in [1.165, 1.54) is 11.8 Å². The van der Waals surface area contributed by atoms with Crippen LogP contribution >= 0.6 is 11.8 Å². The zero-order valence-corrected chi connectivity index (χ0v) is 12.0. The third kappa shape index (κ3) is 2.57. The molecular weight excluding hydrogens is 284 g/mol. The fourth-order valence-corrected chi connectivity index (χ4v) is 2.98. The monoisotopic (exact) mass is 298 g/mol. The van der Waals surface area contributed by atoms with Crippen LogP contribution in [0.1, 0.15) is 24.6 Å². The van der Waals surface area contributed by atoms with Gasteiger partial charge in [-0.15, -0.1) is 0 Å². The Morgan fingerprint density at radius 1 is 1.19 bits per heavy atom. The van der Waals surface area contributed by atoms with Crippen LogP contribution in [-0.4, -0.2) is 19.9 Å². The molecule has 0 spiro atoms. The maximum atomic E-state index is 5.49. The third-order valence-electron chi connectivity index (χ3n) is 3.38. The Morgan fingerprint density at radius 2 is 2.05 bits per heavy atom. The molecule has 1 aliphatic rings. The van der Waals surface area contributed by atoms with Gasteiger partial charge < -0.3 is 10.4 Å². The number of benzene rings is 1. The van der Waals surface area contributed by atoms with Gasteiger partial charge in [0.05, 0.1) is 11.0 Å². The van der Waals surface area contributed by atoms with Crippen LogP contribution in [0.2, 0.25) is 0 Å². The first-order valence-electron chi connectivity index (χ1n) is 6.80. The van der Waals surface area contributed by atoms with Gasteiger partial charge in [0.15, 0.2) is 5.16 Å². The minimum atomic E-state index is 0.480. The summed E-state index contributed by atoms with van der Waals surface area (Å²) in [5.41, 5.74) is 4.58. The highest BCUT2D eigenvalue weighted by Gasteiger charge is 2.27. The highest BCUT2D eigenvalue weighted by molar-refractivity contribution is 7.99. The molecule has 6 nitrogen and oxygen atoms in total. The largest absolute Gasteiger partial charge is 0.333 e. The van der Waals surface area contributed by atoms with Crippen LogP contribution in [-0.2, 0) is 0 Å². The maximum Gasteiger partial charge on any atom is 0.172 e. The number of hydrogen-bond acceptors (Lipinski definition) is 6. The summed E-state index contributed by atoms with van der Waals surface area (Å²) in [7, 11) is 0. The summed E-state index contributed by atoms with van der Waals surface area (Å²) in [6.07, 6.45) is 2.31. The number of imidazole rings is 1. The minimum absolute atomic E-state index is 0.480. The fraction of sp³-hybridized carbons (Fsp3) is 0.214. The molecule has 7 heteroatoms. The number of nitrogens with one attached hydrogen (secondary N) is 2. The smallest absolute Gasteiger partial charge is 0.172 e. The van der Waals surface area contributed by atoms with Crippen molar-refractivity contribution in [2.45, 2.75) is 28.9 Å². The van der Waals surface area contributed by atoms with Gasteiger partial charge >= 0.3 is 0 Å². The number of nitrogen functional groups attached to an aromatic ring is 1. The lowest BCUT2D eigenvalue weighted by atomic mass is 10.3. The summed E-state index contributed by atoms with van der Waals surface area (Å²) in [5.74, 6) is 7.48. The first kappa shape index (κ1) is 12.6. The molecule has 0 unspecified atom stereocenters. The third-order valence-corrected chi connectivity index (χ3v) is 4.18. The molecule has 0 saturated heterocycles. The molecule has 0 radical (unpaired) electrons. The number of fused-ring (bicyclic) bond motifs is 1. The van der Waals surface area contributed by atoms with Crippen LogP contribution in [0, 0.1) is 0 Å². The van der Waals surface area contributed by atoms with Gasteiger partial charge in [0.2, 0.25) is 0 Å². The Morgan fingerprint density at radius 3 is 2.81 bits per heavy atom. The van der Waals surface area contributed by atoms with Crippen LogP contribution in [0.3, 0.4) is 0 Å². The van der Waals surface area contributed by atoms with Crippen molar-refractivity contribution < 1.29 is 0 Å². The molecule has 2 heterocycles. The van der Waals surface area contributed by atoms with Crippen LogP contribution in [0.4, 0.5) is 5.82 Å². The molecule has 21 heavy (non-hydrogen) atoms. The molecule has 1 aromatic carbocycles. The number of hydrazine groups is 1. The lowest BCUT2D eigenvalue weighted by Gasteiger charge is -2.05. The van der Waals surface area contributed by atoms with Gasteiger partial charge in [-0.05, 0) is 36.7 Å². The maximum absolute atomic E-state index is 5.49. The van der Waals surface area contributed by atoms with Gasteiger partial charge in [-0.2, -0.15) is 0 Å². The number of anilines is 1. The number of H-pyrrole nitrogens is 1. The fourth-order valence-electron chi connectivity index (χ4n) is 2.17. The van der Waals surface area contributed by atoms with E-state index in [4.69, 9.17) is 5.84 Å². The van der Waals surface area contributed by atoms with E-state index in [-0.39, 0.29) is 0 Å². The Balaban J connectivity index is 1.67. The molecule has 1 aliphatic carbocycles. The summed E-state index contributed by atoms with van der Waals surface area (Å²) in [4.78, 5) is 16.8. The number of para-hydroxylation sites is 2. The summed E-state index contributed by atoms with van der Waals surface area (Å²) >= 11 is 1.49. The van der Waals surface area contributed by atoms with E-state index in [1.807, 2.05) is 30.3 Å². The van der Waals surface area contributed by atoms with Gasteiger partial charge in [0.25, 0.3) is 0 Å². The van der Waals surface area contributed by atoms with E-state index >= 15 is 0 Å². The van der Waals surface area contributed by atoms with Crippen molar-refractivity contribution in [2.24, 2.45) is 5.84 Å². The average Bonchev–Trinajstić information content (AvgIpc) is 3.27. The van der Waals surface area contributed by atoms with Gasteiger partial charge in [-0.3, -0.25) is 0 Å². The normalized spacial score (nSPS) is 14.5. The summed E-state index contributed by atoms with van der Waals surface area (Å²) in [6, 6.07) is 9.79. The van der Waals surface area contributed by atoms with Crippen molar-refractivity contribution in [3.63, 3.8) is 0 Å². The lowest BCUT2D eigenvalue weighted by Crippen LogP contribution is -2.10. The Kier molecular flexibility index (Phi) is 3.01. The minimum Gasteiger partial charge on any atom is -0.333 e. The Hall–Kier alpha value is -2.12. The van der Waals surface area contributed by atoms with E-state index in [9.17, 15) is 0 Å². The zero-order valence-electron chi connectivity index (χ0n) is 11.2. The first-order chi connectivity index (χ1) is 10.3. The number of nitrogens with two attached hydrogens (primary N) is 1. The van der Waals surface area contributed by atoms with Gasteiger partial charge in [0, 0.05) is 12.0 Å². The molecule has 4 rings (SSSR count). The van der Waals surface area contributed by atoms with Crippen LogP contribution < -0.4 is 11.3 Å². The van der Waals surface area contributed by atoms with E-state index in [1.54, 1.807) is 0 Å². The van der Waals surface area contributed by atoms with Crippen molar-refractivity contribution >= 4 is 28.6 Å². The molecule has 1 saturated carbocycles.